The van der Waals surface area contributed by atoms with Gasteiger partial charge in [0.05, 0.1) is 12.0 Å². The molecule has 0 aliphatic heterocycles. The van der Waals surface area contributed by atoms with Crippen LogP contribution in [0.4, 0.5) is 0 Å². The van der Waals surface area contributed by atoms with Gasteiger partial charge in [0.1, 0.15) is 5.75 Å². The first kappa shape index (κ1) is 21.7. The zero-order valence-electron chi connectivity index (χ0n) is 16.6. The van der Waals surface area contributed by atoms with Gasteiger partial charge >= 0.3 is 0 Å². The second-order valence-electron chi connectivity index (χ2n) is 6.50. The fourth-order valence-corrected chi connectivity index (χ4v) is 3.95. The summed E-state index contributed by atoms with van der Waals surface area (Å²) in [7, 11) is 0. The van der Waals surface area contributed by atoms with Gasteiger partial charge in [-0.3, -0.25) is 14.3 Å². The number of pyridine rings is 1. The van der Waals surface area contributed by atoms with Crippen LogP contribution < -0.4 is 5.43 Å². The summed E-state index contributed by atoms with van der Waals surface area (Å²) in [5.41, 5.74) is 4.70. The van der Waals surface area contributed by atoms with Crippen molar-refractivity contribution in [2.45, 2.75) is 5.16 Å². The smallest absolute Gasteiger partial charge is 0.250 e. The van der Waals surface area contributed by atoms with Crippen LogP contribution in [-0.4, -0.2) is 42.7 Å². The van der Waals surface area contributed by atoms with Crippen LogP contribution in [0.2, 0.25) is 0 Å². The number of aromatic nitrogens is 4. The summed E-state index contributed by atoms with van der Waals surface area (Å²) in [5, 5.41) is 23.0. The molecule has 160 valence electrons. The first-order valence-corrected chi connectivity index (χ1v) is 11.2. The van der Waals surface area contributed by atoms with Crippen LogP contribution >= 0.6 is 27.7 Å². The van der Waals surface area contributed by atoms with E-state index in [4.69, 9.17) is 0 Å². The first-order valence-electron chi connectivity index (χ1n) is 9.46. The molecular formula is C22H17BrN6O2S. The van der Waals surface area contributed by atoms with E-state index in [2.05, 4.69) is 41.6 Å². The van der Waals surface area contributed by atoms with Crippen molar-refractivity contribution in [2.24, 2.45) is 5.10 Å². The predicted molar refractivity (Wildman–Crippen MR) is 127 cm³/mol. The number of carbonyl (C=O) groups is 1. The van der Waals surface area contributed by atoms with E-state index in [1.165, 1.54) is 18.0 Å². The van der Waals surface area contributed by atoms with Gasteiger partial charge in [0.15, 0.2) is 11.0 Å². The average Bonchev–Trinajstić information content (AvgIpc) is 3.25. The molecule has 0 unspecified atom stereocenters. The largest absolute Gasteiger partial charge is 0.507 e. The molecule has 2 N–H and O–H groups in total. The van der Waals surface area contributed by atoms with Gasteiger partial charge in [-0.05, 0) is 42.5 Å². The fourth-order valence-electron chi connectivity index (χ4n) is 2.83. The van der Waals surface area contributed by atoms with E-state index in [0.717, 1.165) is 15.7 Å². The maximum Gasteiger partial charge on any atom is 0.250 e. The molecule has 0 spiro atoms. The van der Waals surface area contributed by atoms with Crippen molar-refractivity contribution in [2.75, 3.05) is 5.75 Å². The highest BCUT2D eigenvalue weighted by molar-refractivity contribution is 9.10. The Balaban J connectivity index is 1.48. The summed E-state index contributed by atoms with van der Waals surface area (Å²) in [6, 6.07) is 18.4. The van der Waals surface area contributed by atoms with Crippen LogP contribution in [0.15, 0.2) is 87.8 Å². The minimum atomic E-state index is -0.311. The van der Waals surface area contributed by atoms with Crippen molar-refractivity contribution in [3.05, 3.63) is 83.1 Å². The summed E-state index contributed by atoms with van der Waals surface area (Å²) in [4.78, 5) is 16.4. The third-order valence-corrected chi connectivity index (χ3v) is 5.72. The Morgan fingerprint density at radius 3 is 2.69 bits per heavy atom. The molecule has 0 radical (unpaired) electrons. The van der Waals surface area contributed by atoms with Crippen LogP contribution in [0, 0.1) is 0 Å². The lowest BCUT2D eigenvalue weighted by Gasteiger charge is -2.10. The molecule has 0 aliphatic carbocycles. The molecule has 4 rings (SSSR count). The Morgan fingerprint density at radius 2 is 1.91 bits per heavy atom. The van der Waals surface area contributed by atoms with Crippen molar-refractivity contribution >= 4 is 39.8 Å². The number of phenolic OH excluding ortho intramolecular Hbond substituents is 1. The van der Waals surface area contributed by atoms with E-state index >= 15 is 0 Å². The molecule has 2 aromatic heterocycles. The summed E-state index contributed by atoms with van der Waals surface area (Å²) in [5.74, 6) is 0.502. The van der Waals surface area contributed by atoms with Crippen LogP contribution in [-0.2, 0) is 4.79 Å². The number of halogens is 1. The van der Waals surface area contributed by atoms with Gasteiger partial charge in [-0.1, -0.05) is 45.9 Å². The highest BCUT2D eigenvalue weighted by Crippen LogP contribution is 2.27. The molecule has 1 amide bonds. The van der Waals surface area contributed by atoms with E-state index in [9.17, 15) is 9.90 Å². The number of hydrogen-bond donors (Lipinski definition) is 2. The minimum absolute atomic E-state index is 0.0696. The summed E-state index contributed by atoms with van der Waals surface area (Å²) >= 11 is 4.58. The van der Waals surface area contributed by atoms with Gasteiger partial charge in [-0.15, -0.1) is 10.2 Å². The van der Waals surface area contributed by atoms with Gasteiger partial charge in [0.2, 0.25) is 0 Å². The fraction of sp³-hybridized carbons (Fsp3) is 0.0455. The lowest BCUT2D eigenvalue weighted by molar-refractivity contribution is -0.118. The molecule has 0 fully saturated rings. The number of amides is 1. The topological polar surface area (TPSA) is 105 Å². The van der Waals surface area contributed by atoms with Crippen molar-refractivity contribution in [1.29, 1.82) is 0 Å². The van der Waals surface area contributed by atoms with Crippen LogP contribution in [0.25, 0.3) is 17.1 Å². The Labute approximate surface area is 196 Å². The van der Waals surface area contributed by atoms with E-state index in [1.807, 2.05) is 47.0 Å². The molecule has 0 saturated carbocycles. The molecule has 2 heterocycles. The van der Waals surface area contributed by atoms with E-state index in [1.54, 1.807) is 30.6 Å². The molecule has 0 atom stereocenters. The van der Waals surface area contributed by atoms with Crippen molar-refractivity contribution in [3.8, 4) is 22.8 Å². The molecular weight excluding hydrogens is 492 g/mol. The quantitative estimate of drug-likeness (QED) is 0.221. The van der Waals surface area contributed by atoms with Gasteiger partial charge in [-0.2, -0.15) is 5.10 Å². The molecule has 8 nitrogen and oxygen atoms in total. The number of hydrazone groups is 1. The number of benzene rings is 2. The highest BCUT2D eigenvalue weighted by Gasteiger charge is 2.17. The van der Waals surface area contributed by atoms with Crippen molar-refractivity contribution < 1.29 is 9.90 Å². The van der Waals surface area contributed by atoms with Gasteiger partial charge in [0.25, 0.3) is 5.91 Å². The molecule has 0 saturated heterocycles. The number of thioether (sulfide) groups is 1. The first-order chi connectivity index (χ1) is 15.6. The lowest BCUT2D eigenvalue weighted by Crippen LogP contribution is -2.20. The zero-order chi connectivity index (χ0) is 22.3. The number of hydrogen-bond acceptors (Lipinski definition) is 7. The van der Waals surface area contributed by atoms with Crippen LogP contribution in [0.1, 0.15) is 5.56 Å². The number of nitrogens with zero attached hydrogens (tertiary/aromatic N) is 5. The number of carbonyl (C=O) groups excluding carboxylic acids is 1. The second-order valence-corrected chi connectivity index (χ2v) is 8.36. The second kappa shape index (κ2) is 10.2. The van der Waals surface area contributed by atoms with E-state index in [-0.39, 0.29) is 17.4 Å². The molecule has 10 heteroatoms. The van der Waals surface area contributed by atoms with Gasteiger partial charge in [-0.25, -0.2) is 5.43 Å². The standard InChI is InChI=1S/C22H17BrN6O2S/c23-17-6-7-19(30)16(12-17)13-25-26-20(31)14-32-22-28-27-21(15-8-10-24-11-9-15)29(22)18-4-2-1-3-5-18/h1-13,30H,14H2,(H,26,31)/b25-13+. The number of rotatable bonds is 7. The average molecular weight is 509 g/mol. The number of nitrogens with one attached hydrogen (secondary N) is 1. The molecule has 0 aliphatic rings. The normalized spacial score (nSPS) is 11.0. The molecule has 2 aromatic carbocycles. The summed E-state index contributed by atoms with van der Waals surface area (Å²) in [6.07, 6.45) is 4.78. The summed E-state index contributed by atoms with van der Waals surface area (Å²) < 4.78 is 2.69. The Kier molecular flexibility index (Phi) is 6.93. The van der Waals surface area contributed by atoms with E-state index < -0.39 is 0 Å². The Bertz CT molecular complexity index is 1250. The van der Waals surface area contributed by atoms with Gasteiger partial charge < -0.3 is 5.11 Å². The monoisotopic (exact) mass is 508 g/mol. The third kappa shape index (κ3) is 5.21. The highest BCUT2D eigenvalue weighted by atomic mass is 79.9. The molecule has 32 heavy (non-hydrogen) atoms. The summed E-state index contributed by atoms with van der Waals surface area (Å²) in [6.45, 7) is 0. The minimum Gasteiger partial charge on any atom is -0.507 e. The van der Waals surface area contributed by atoms with Crippen molar-refractivity contribution in [1.82, 2.24) is 25.2 Å². The van der Waals surface area contributed by atoms with Crippen LogP contribution in [0.5, 0.6) is 5.75 Å². The number of phenols is 1. The van der Waals surface area contributed by atoms with Gasteiger partial charge in [0, 0.05) is 33.7 Å². The number of aromatic hydroxyl groups is 1. The zero-order valence-corrected chi connectivity index (χ0v) is 19.0. The SMILES string of the molecule is O=C(CSc1nnc(-c2ccncc2)n1-c1ccccc1)N/N=C/c1cc(Br)ccc1O. The Hall–Kier alpha value is -3.50. The van der Waals surface area contributed by atoms with Crippen LogP contribution in [0.3, 0.4) is 0 Å². The molecule has 0 bridgehead atoms. The molecule has 4 aromatic rings. The lowest BCUT2D eigenvalue weighted by atomic mass is 10.2. The third-order valence-electron chi connectivity index (χ3n) is 4.30. The predicted octanol–water partition coefficient (Wildman–Crippen LogP) is 4.04. The van der Waals surface area contributed by atoms with Crippen molar-refractivity contribution in [3.63, 3.8) is 0 Å². The maximum atomic E-state index is 12.3. The number of para-hydroxylation sites is 1. The van der Waals surface area contributed by atoms with E-state index in [0.29, 0.717) is 16.5 Å². The Morgan fingerprint density at radius 1 is 1.12 bits per heavy atom. The maximum absolute atomic E-state index is 12.3.